The van der Waals surface area contributed by atoms with Crippen LogP contribution in [0.5, 0.6) is 0 Å². The van der Waals surface area contributed by atoms with E-state index >= 15 is 0 Å². The number of hydrogen-bond donors (Lipinski definition) is 0. The first-order valence-electron chi connectivity index (χ1n) is 0.995. The van der Waals surface area contributed by atoms with E-state index in [0.717, 1.165) is 0 Å². The van der Waals surface area contributed by atoms with E-state index in [9.17, 15) is 13.9 Å². The third-order valence-corrected chi connectivity index (χ3v) is 0. The van der Waals surface area contributed by atoms with Gasteiger partial charge in [0, 0.05) is 0 Å². The second kappa shape index (κ2) is 0.746. The molecule has 0 bridgehead atoms. The van der Waals surface area contributed by atoms with Crippen LogP contribution < -0.4 is 0 Å². The van der Waals surface area contributed by atoms with Gasteiger partial charge in [-0.3, -0.25) is 0 Å². The third-order valence-electron chi connectivity index (χ3n) is 0. The van der Waals surface area contributed by atoms with Crippen LogP contribution in [-0.2, 0) is 28.0 Å². The molecule has 0 unspecified atom stereocenters. The van der Waals surface area contributed by atoms with Crippen molar-refractivity contribution in [2.45, 2.75) is 5.40 Å². The summed E-state index contributed by atoms with van der Waals surface area (Å²) in [5.41, 5.74) is 0. The molecule has 0 aliphatic rings. The molecule has 0 rings (SSSR count). The Balaban J connectivity index is 6.26. The Morgan fingerprint density at radius 2 is 1.00 bits per heavy atom. The van der Waals surface area contributed by atoms with E-state index in [0.29, 0.717) is 0 Å². The Morgan fingerprint density at radius 1 is 1.00 bits per heavy atom. The molecule has 0 aromatic rings. The quantitative estimate of drug-likeness (QED) is 0.623. The Hall–Kier alpha value is -0.138. The maximum absolute atomic E-state index is 9.22. The molecule has 0 aromatic heterocycles. The average molecular weight is 265 g/mol. The number of rotatable bonds is 0. The van der Waals surface area contributed by atoms with Crippen molar-refractivity contribution in [3.8, 4) is 0 Å². The molecule has 0 fully saturated rings. The minimum atomic E-state index is -6.70. The van der Waals surface area contributed by atoms with Crippen LogP contribution in [0, 0.1) is 0 Å². The van der Waals surface area contributed by atoms with Gasteiger partial charge in [-0.1, -0.05) is 0 Å². The van der Waals surface area contributed by atoms with Crippen molar-refractivity contribution in [1.29, 1.82) is 0 Å². The topological polar surface area (TPSA) is 68.3 Å². The molecule has 6 heavy (non-hydrogen) atoms. The Morgan fingerprint density at radius 3 is 1.00 bits per heavy atom. The van der Waals surface area contributed by atoms with E-state index < -0.39 is 14.2 Å². The summed E-state index contributed by atoms with van der Waals surface area (Å²) in [5, 5.41) is 0.189. The van der Waals surface area contributed by atoms with Crippen LogP contribution in [0.4, 0.5) is 0 Å². The molecule has 0 saturated heterocycles. The van der Waals surface area contributed by atoms with E-state index in [-0.39, 0.29) is 5.40 Å². The SMILES string of the molecule is [CH3][Re](=[O])(=[O])(=[O])=[O]. The summed E-state index contributed by atoms with van der Waals surface area (Å²) in [6.45, 7) is 0. The van der Waals surface area contributed by atoms with Gasteiger partial charge in [-0.05, 0) is 0 Å². The standard InChI is InChI=1S/CH3.4O.Re/h1H3;;;;;. The molecule has 0 saturated carbocycles. The predicted molar refractivity (Wildman–Crippen MR) is 8.61 cm³/mol. The predicted octanol–water partition coefficient (Wildman–Crippen LogP) is 0.106. The first kappa shape index (κ1) is 5.86. The van der Waals surface area contributed by atoms with Gasteiger partial charge in [0.05, 0.1) is 0 Å². The molecule has 0 N–H and O–H groups in total. The molecule has 4 nitrogen and oxygen atoms in total. The summed E-state index contributed by atoms with van der Waals surface area (Å²) < 4.78 is 36.9. The Bertz CT molecular complexity index is 238. The summed E-state index contributed by atoms with van der Waals surface area (Å²) in [4.78, 5) is 0. The van der Waals surface area contributed by atoms with Gasteiger partial charge in [-0.15, -0.1) is 0 Å². The zero-order chi connectivity index (χ0) is 5.45. The van der Waals surface area contributed by atoms with Gasteiger partial charge in [-0.25, -0.2) is 0 Å². The van der Waals surface area contributed by atoms with Gasteiger partial charge in [0.2, 0.25) is 0 Å². The van der Waals surface area contributed by atoms with Gasteiger partial charge in [-0.2, -0.15) is 0 Å². The summed E-state index contributed by atoms with van der Waals surface area (Å²) >= 11 is -6.70. The third kappa shape index (κ3) is 1670. The van der Waals surface area contributed by atoms with Crippen molar-refractivity contribution in [2.75, 3.05) is 0 Å². The van der Waals surface area contributed by atoms with Crippen LogP contribution in [0.25, 0.3) is 0 Å². The first-order chi connectivity index (χ1) is 2.24. The van der Waals surface area contributed by atoms with Crippen LogP contribution in [0.3, 0.4) is 0 Å². The summed E-state index contributed by atoms with van der Waals surface area (Å²) in [7, 11) is 0. The van der Waals surface area contributed by atoms with E-state index in [2.05, 4.69) is 0 Å². The second-order valence-electron chi connectivity index (χ2n) is 0.995. The average Bonchev–Trinajstić information content (AvgIpc) is 0.650. The van der Waals surface area contributed by atoms with Gasteiger partial charge in [0.15, 0.2) is 0 Å². The number of hydrogen-bond acceptors (Lipinski definition) is 4. The van der Waals surface area contributed by atoms with Crippen molar-refractivity contribution in [3.05, 3.63) is 0 Å². The zero-order valence-corrected chi connectivity index (χ0v) is 5.73. The van der Waals surface area contributed by atoms with Crippen molar-refractivity contribution in [3.63, 3.8) is 0 Å². The van der Waals surface area contributed by atoms with Crippen LogP contribution in [-0.4, -0.2) is 0 Å². The molecule has 0 spiro atoms. The van der Waals surface area contributed by atoms with Crippen molar-refractivity contribution < 1.29 is 28.0 Å². The van der Waals surface area contributed by atoms with E-state index in [4.69, 9.17) is 0 Å². The van der Waals surface area contributed by atoms with E-state index in [1.807, 2.05) is 0 Å². The normalized spacial score (nSPS) is 14.3. The molecular weight excluding hydrogens is 262 g/mol. The van der Waals surface area contributed by atoms with Crippen LogP contribution in [0.2, 0.25) is 5.40 Å². The summed E-state index contributed by atoms with van der Waals surface area (Å²) in [6.07, 6.45) is 0. The maximum atomic E-state index is 9.22. The zero-order valence-electron chi connectivity index (χ0n) is 3.01. The Kier molecular flexibility index (Phi) is 0.729. The van der Waals surface area contributed by atoms with Gasteiger partial charge < -0.3 is 0 Å². The first-order valence-corrected chi connectivity index (χ1v) is 8.15. The molecule has 0 radical (unpaired) electrons. The molecule has 0 aliphatic heterocycles. The molecule has 5 heteroatoms. The second-order valence-corrected chi connectivity index (χ2v) is 8.15. The van der Waals surface area contributed by atoms with Crippen molar-refractivity contribution >= 4 is 0 Å². The molecular formula is CH3O4Re. The minimum absolute atomic E-state index is 0.189. The molecule has 0 aliphatic carbocycles. The fourth-order valence-electron chi connectivity index (χ4n) is 0. The fourth-order valence-corrected chi connectivity index (χ4v) is 0. The molecule has 0 amide bonds. The van der Waals surface area contributed by atoms with Crippen LogP contribution in [0.15, 0.2) is 0 Å². The van der Waals surface area contributed by atoms with Crippen molar-refractivity contribution in [1.82, 2.24) is 0 Å². The van der Waals surface area contributed by atoms with Crippen LogP contribution >= 0.6 is 0 Å². The fraction of sp³-hybridized carbons (Fsp3) is 1.00. The van der Waals surface area contributed by atoms with Gasteiger partial charge in [0.25, 0.3) is 0 Å². The van der Waals surface area contributed by atoms with Crippen molar-refractivity contribution in [2.24, 2.45) is 0 Å². The van der Waals surface area contributed by atoms with Gasteiger partial charge in [0.1, 0.15) is 0 Å². The Labute approximate surface area is 34.1 Å². The van der Waals surface area contributed by atoms with Crippen LogP contribution in [0.1, 0.15) is 0 Å². The van der Waals surface area contributed by atoms with E-state index in [1.165, 1.54) is 0 Å². The van der Waals surface area contributed by atoms with E-state index in [1.54, 1.807) is 0 Å². The van der Waals surface area contributed by atoms with Gasteiger partial charge >= 0.3 is 33.4 Å². The monoisotopic (exact) mass is 266 g/mol. The molecule has 0 heterocycles. The summed E-state index contributed by atoms with van der Waals surface area (Å²) in [6, 6.07) is 0. The molecule has 0 aromatic carbocycles. The summed E-state index contributed by atoms with van der Waals surface area (Å²) in [5.74, 6) is 0. The molecule has 38 valence electrons. The molecule has 0 atom stereocenters.